The van der Waals surface area contributed by atoms with Crippen LogP contribution in [0.3, 0.4) is 0 Å². The summed E-state index contributed by atoms with van der Waals surface area (Å²) in [5.41, 5.74) is 1.89. The number of hydrogen-bond acceptors (Lipinski definition) is 5. The summed E-state index contributed by atoms with van der Waals surface area (Å²) in [6, 6.07) is 0.561. The minimum atomic E-state index is 0.561. The van der Waals surface area contributed by atoms with Crippen molar-refractivity contribution >= 4 is 5.95 Å². The highest BCUT2D eigenvalue weighted by atomic mass is 15.3. The maximum Gasteiger partial charge on any atom is 0.245 e. The first-order chi connectivity index (χ1) is 9.20. The van der Waals surface area contributed by atoms with Crippen molar-refractivity contribution in [3.05, 3.63) is 11.4 Å². The molecule has 1 unspecified atom stereocenters. The van der Waals surface area contributed by atoms with Crippen LogP contribution in [-0.4, -0.2) is 40.9 Å². The van der Waals surface area contributed by atoms with Crippen molar-refractivity contribution < 1.29 is 0 Å². The number of nitrogens with one attached hydrogen (secondary N) is 1. The predicted molar refractivity (Wildman–Crippen MR) is 77.4 cm³/mol. The minimum absolute atomic E-state index is 0.561. The molecule has 1 aromatic heterocycles. The average Bonchev–Trinajstić information content (AvgIpc) is 2.43. The highest BCUT2D eigenvalue weighted by Crippen LogP contribution is 2.13. The summed E-state index contributed by atoms with van der Waals surface area (Å²) in [5.74, 6) is 0.775. The minimum Gasteiger partial charge on any atom is -0.338 e. The Kier molecular flexibility index (Phi) is 5.07. The second-order valence-corrected chi connectivity index (χ2v) is 5.38. The Bertz CT molecular complexity index is 401. The fourth-order valence-corrected chi connectivity index (χ4v) is 2.47. The Morgan fingerprint density at radius 1 is 1.21 bits per heavy atom. The van der Waals surface area contributed by atoms with Crippen LogP contribution >= 0.6 is 0 Å². The van der Waals surface area contributed by atoms with Gasteiger partial charge in [0, 0.05) is 19.1 Å². The van der Waals surface area contributed by atoms with Crippen molar-refractivity contribution in [1.82, 2.24) is 20.5 Å². The molecule has 0 saturated carbocycles. The largest absolute Gasteiger partial charge is 0.338 e. The van der Waals surface area contributed by atoms with Crippen LogP contribution in [0.4, 0.5) is 5.95 Å². The molecule has 0 amide bonds. The maximum absolute atomic E-state index is 4.58. The summed E-state index contributed by atoms with van der Waals surface area (Å²) in [4.78, 5) is 6.85. The van der Waals surface area contributed by atoms with Gasteiger partial charge in [-0.3, -0.25) is 0 Å². The summed E-state index contributed by atoms with van der Waals surface area (Å²) in [5, 5.41) is 12.0. The van der Waals surface area contributed by atoms with Crippen LogP contribution < -0.4 is 10.2 Å². The lowest BCUT2D eigenvalue weighted by Crippen LogP contribution is -2.44. The topological polar surface area (TPSA) is 53.9 Å². The first-order valence-corrected chi connectivity index (χ1v) is 7.37. The zero-order valence-electron chi connectivity index (χ0n) is 12.3. The average molecular weight is 263 g/mol. The van der Waals surface area contributed by atoms with E-state index in [2.05, 4.69) is 32.3 Å². The van der Waals surface area contributed by atoms with Gasteiger partial charge in [-0.05, 0) is 39.7 Å². The standard InChI is InChI=1S/C14H25N5/c1-4-9-19(10-13-7-5-6-8-15-13)14-16-11(2)12(3)17-18-14/h13,15H,4-10H2,1-3H3. The molecule has 0 aromatic carbocycles. The second-order valence-electron chi connectivity index (χ2n) is 5.38. The maximum atomic E-state index is 4.58. The van der Waals surface area contributed by atoms with Gasteiger partial charge in [-0.2, -0.15) is 5.10 Å². The first-order valence-electron chi connectivity index (χ1n) is 7.37. The molecular formula is C14H25N5. The van der Waals surface area contributed by atoms with Crippen LogP contribution in [0.5, 0.6) is 0 Å². The van der Waals surface area contributed by atoms with Gasteiger partial charge in [0.25, 0.3) is 0 Å². The molecule has 1 aliphatic heterocycles. The van der Waals surface area contributed by atoms with Gasteiger partial charge in [-0.15, -0.1) is 5.10 Å². The van der Waals surface area contributed by atoms with Crippen molar-refractivity contribution in [1.29, 1.82) is 0 Å². The second kappa shape index (κ2) is 6.80. The van der Waals surface area contributed by atoms with Crippen LogP contribution in [0, 0.1) is 13.8 Å². The number of piperidine rings is 1. The molecule has 1 saturated heterocycles. The third kappa shape index (κ3) is 3.86. The number of anilines is 1. The fraction of sp³-hybridized carbons (Fsp3) is 0.786. The van der Waals surface area contributed by atoms with E-state index in [1.54, 1.807) is 0 Å². The molecular weight excluding hydrogens is 238 g/mol. The lowest BCUT2D eigenvalue weighted by molar-refractivity contribution is 0.397. The smallest absolute Gasteiger partial charge is 0.245 e. The summed E-state index contributed by atoms with van der Waals surface area (Å²) >= 11 is 0. The van der Waals surface area contributed by atoms with E-state index in [1.807, 2.05) is 13.8 Å². The molecule has 19 heavy (non-hydrogen) atoms. The van der Waals surface area contributed by atoms with E-state index >= 15 is 0 Å². The summed E-state index contributed by atoms with van der Waals surface area (Å²) in [7, 11) is 0. The molecule has 0 aliphatic carbocycles. The molecule has 1 aliphatic rings. The van der Waals surface area contributed by atoms with E-state index in [9.17, 15) is 0 Å². The Morgan fingerprint density at radius 3 is 2.68 bits per heavy atom. The lowest BCUT2D eigenvalue weighted by Gasteiger charge is -2.30. The third-order valence-corrected chi connectivity index (χ3v) is 3.71. The van der Waals surface area contributed by atoms with Crippen LogP contribution in [-0.2, 0) is 0 Å². The highest BCUT2D eigenvalue weighted by molar-refractivity contribution is 5.30. The van der Waals surface area contributed by atoms with Crippen LogP contribution in [0.15, 0.2) is 0 Å². The number of aromatic nitrogens is 3. The SMILES string of the molecule is CCCN(CC1CCCCN1)c1nnc(C)c(C)n1. The zero-order chi connectivity index (χ0) is 13.7. The molecule has 1 aromatic rings. The number of rotatable bonds is 5. The molecule has 1 N–H and O–H groups in total. The van der Waals surface area contributed by atoms with Crippen molar-refractivity contribution in [2.24, 2.45) is 0 Å². The predicted octanol–water partition coefficient (Wildman–Crippen LogP) is 1.85. The van der Waals surface area contributed by atoms with E-state index in [0.29, 0.717) is 6.04 Å². The van der Waals surface area contributed by atoms with Crippen molar-refractivity contribution in [3.8, 4) is 0 Å². The van der Waals surface area contributed by atoms with Gasteiger partial charge in [-0.25, -0.2) is 4.98 Å². The van der Waals surface area contributed by atoms with Gasteiger partial charge in [0.2, 0.25) is 5.95 Å². The Morgan fingerprint density at radius 2 is 2.05 bits per heavy atom. The van der Waals surface area contributed by atoms with E-state index in [-0.39, 0.29) is 0 Å². The molecule has 0 bridgehead atoms. The third-order valence-electron chi connectivity index (χ3n) is 3.71. The molecule has 1 atom stereocenters. The molecule has 0 spiro atoms. The van der Waals surface area contributed by atoms with E-state index in [4.69, 9.17) is 0 Å². The quantitative estimate of drug-likeness (QED) is 0.878. The Labute approximate surface area is 115 Å². The molecule has 0 radical (unpaired) electrons. The molecule has 5 heteroatoms. The van der Waals surface area contributed by atoms with E-state index < -0.39 is 0 Å². The Hall–Kier alpha value is -1.23. The highest BCUT2D eigenvalue weighted by Gasteiger charge is 2.18. The first kappa shape index (κ1) is 14.2. The zero-order valence-corrected chi connectivity index (χ0v) is 12.3. The lowest BCUT2D eigenvalue weighted by atomic mass is 10.0. The van der Waals surface area contributed by atoms with Crippen LogP contribution in [0.1, 0.15) is 44.0 Å². The summed E-state index contributed by atoms with van der Waals surface area (Å²) in [6.45, 7) is 9.25. The van der Waals surface area contributed by atoms with Gasteiger partial charge in [0.15, 0.2) is 0 Å². The molecule has 106 valence electrons. The van der Waals surface area contributed by atoms with Gasteiger partial charge in [-0.1, -0.05) is 13.3 Å². The molecule has 2 heterocycles. The number of hydrogen-bond donors (Lipinski definition) is 1. The fourth-order valence-electron chi connectivity index (χ4n) is 2.47. The van der Waals surface area contributed by atoms with Crippen molar-refractivity contribution in [2.75, 3.05) is 24.5 Å². The van der Waals surface area contributed by atoms with Crippen LogP contribution in [0.2, 0.25) is 0 Å². The van der Waals surface area contributed by atoms with E-state index in [1.165, 1.54) is 19.3 Å². The van der Waals surface area contributed by atoms with Crippen molar-refractivity contribution in [3.63, 3.8) is 0 Å². The molecule has 5 nitrogen and oxygen atoms in total. The van der Waals surface area contributed by atoms with Crippen LogP contribution in [0.25, 0.3) is 0 Å². The van der Waals surface area contributed by atoms with Gasteiger partial charge < -0.3 is 10.2 Å². The van der Waals surface area contributed by atoms with E-state index in [0.717, 1.165) is 43.4 Å². The monoisotopic (exact) mass is 263 g/mol. The number of nitrogens with zero attached hydrogens (tertiary/aromatic N) is 4. The van der Waals surface area contributed by atoms with Gasteiger partial charge in [0.1, 0.15) is 0 Å². The van der Waals surface area contributed by atoms with Crippen molar-refractivity contribution in [2.45, 2.75) is 52.5 Å². The number of aryl methyl sites for hydroxylation is 2. The molecule has 1 fully saturated rings. The van der Waals surface area contributed by atoms with Gasteiger partial charge in [0.05, 0.1) is 11.4 Å². The Balaban J connectivity index is 2.07. The molecule has 2 rings (SSSR count). The summed E-state index contributed by atoms with van der Waals surface area (Å²) < 4.78 is 0. The summed E-state index contributed by atoms with van der Waals surface area (Å²) in [6.07, 6.45) is 4.97. The van der Waals surface area contributed by atoms with Gasteiger partial charge >= 0.3 is 0 Å². The normalized spacial score (nSPS) is 19.4.